The number of hydrogen-bond acceptors (Lipinski definition) is 4. The fourth-order valence-electron chi connectivity index (χ4n) is 5.53. The number of benzene rings is 3. The van der Waals surface area contributed by atoms with Gasteiger partial charge in [0, 0.05) is 34.3 Å². The fourth-order valence-corrected chi connectivity index (χ4v) is 7.31. The molecular weight excluding hydrogens is 496 g/mol. The summed E-state index contributed by atoms with van der Waals surface area (Å²) in [6, 6.07) is 23.5. The lowest BCUT2D eigenvalue weighted by atomic mass is 9.98. The molecule has 2 heterocycles. The van der Waals surface area contributed by atoms with Crippen molar-refractivity contribution in [3.05, 3.63) is 84.1 Å². The van der Waals surface area contributed by atoms with E-state index in [2.05, 4.69) is 40.7 Å². The van der Waals surface area contributed by atoms with Gasteiger partial charge in [-0.3, -0.25) is 0 Å². The van der Waals surface area contributed by atoms with Gasteiger partial charge in [-0.2, -0.15) is 4.31 Å². The van der Waals surface area contributed by atoms with Gasteiger partial charge in [-0.05, 0) is 49.6 Å². The Morgan fingerprint density at radius 3 is 2.47 bits per heavy atom. The van der Waals surface area contributed by atoms with Gasteiger partial charge in [-0.1, -0.05) is 54.5 Å². The molecule has 0 radical (unpaired) electrons. The van der Waals surface area contributed by atoms with E-state index < -0.39 is 10.0 Å². The Bertz CT molecular complexity index is 1610. The van der Waals surface area contributed by atoms with Gasteiger partial charge < -0.3 is 14.0 Å². The van der Waals surface area contributed by atoms with Crippen molar-refractivity contribution in [1.29, 1.82) is 0 Å². The summed E-state index contributed by atoms with van der Waals surface area (Å²) in [5.74, 6) is 7.20. The molecule has 1 aromatic heterocycles. The lowest BCUT2D eigenvalue weighted by molar-refractivity contribution is 0.381. The number of nitrogens with zero attached hydrogens (tertiary/aromatic N) is 2. The molecule has 1 unspecified atom stereocenters. The minimum atomic E-state index is -3.69. The molecule has 1 aliphatic heterocycles. The summed E-state index contributed by atoms with van der Waals surface area (Å²) in [5, 5.41) is 1.10. The molecular formula is C31H32N2O4S. The van der Waals surface area contributed by atoms with Crippen molar-refractivity contribution >= 4 is 20.9 Å². The zero-order chi connectivity index (χ0) is 26.7. The number of fused-ring (bicyclic) bond motifs is 1. The van der Waals surface area contributed by atoms with Crippen LogP contribution in [0.4, 0.5) is 0 Å². The Balaban J connectivity index is 1.66. The van der Waals surface area contributed by atoms with E-state index in [1.54, 1.807) is 36.7 Å². The standard InChI is InChI=1S/C31H32N2O4S/c1-4-5-19-32-27-15-10-9-14-26(27)30(23-12-7-6-8-13-23)31(32)28-16-11-20-33(28)38(34,35)22-24-21-25(36-2)17-18-29(24)37-3/h6-10,12-15,17-18,21,28H,11,16,19-20,22H2,1-3H3. The lowest BCUT2D eigenvalue weighted by Crippen LogP contribution is -2.33. The van der Waals surface area contributed by atoms with E-state index in [1.165, 1.54) is 0 Å². The third-order valence-corrected chi connectivity index (χ3v) is 9.02. The van der Waals surface area contributed by atoms with Gasteiger partial charge >= 0.3 is 0 Å². The monoisotopic (exact) mass is 528 g/mol. The van der Waals surface area contributed by atoms with Crippen molar-refractivity contribution in [1.82, 2.24) is 8.87 Å². The Labute approximate surface area is 224 Å². The molecule has 0 N–H and O–H groups in total. The molecule has 196 valence electrons. The maximum Gasteiger partial charge on any atom is 0.219 e. The van der Waals surface area contributed by atoms with Gasteiger partial charge in [0.1, 0.15) is 11.5 Å². The van der Waals surface area contributed by atoms with E-state index in [-0.39, 0.29) is 11.8 Å². The molecule has 0 saturated carbocycles. The van der Waals surface area contributed by atoms with Crippen LogP contribution >= 0.6 is 0 Å². The van der Waals surface area contributed by atoms with E-state index >= 15 is 0 Å². The quantitative estimate of drug-likeness (QED) is 0.263. The Hall–Kier alpha value is -3.73. The maximum absolute atomic E-state index is 14.0. The summed E-state index contributed by atoms with van der Waals surface area (Å²) >= 11 is 0. The molecule has 0 aliphatic carbocycles. The summed E-state index contributed by atoms with van der Waals surface area (Å²) in [7, 11) is -0.573. The van der Waals surface area contributed by atoms with Crippen LogP contribution < -0.4 is 9.47 Å². The zero-order valence-corrected chi connectivity index (χ0v) is 22.8. The first-order valence-corrected chi connectivity index (χ1v) is 14.4. The first kappa shape index (κ1) is 25.9. The number of ether oxygens (including phenoxy) is 2. The van der Waals surface area contributed by atoms with Crippen LogP contribution in [0.2, 0.25) is 0 Å². The van der Waals surface area contributed by atoms with E-state index in [0.29, 0.717) is 30.2 Å². The second-order valence-corrected chi connectivity index (χ2v) is 11.3. The number of aromatic nitrogens is 1. The highest BCUT2D eigenvalue weighted by Gasteiger charge is 2.39. The van der Waals surface area contributed by atoms with Crippen molar-refractivity contribution in [2.75, 3.05) is 20.8 Å². The average Bonchev–Trinajstić information content (AvgIpc) is 3.55. The fraction of sp³-hybridized carbons (Fsp3) is 0.290. The van der Waals surface area contributed by atoms with Crippen LogP contribution in [-0.2, 0) is 22.3 Å². The number of hydrogen-bond donors (Lipinski definition) is 0. The van der Waals surface area contributed by atoms with Crippen LogP contribution in [0.15, 0.2) is 72.8 Å². The third kappa shape index (κ3) is 4.78. The predicted octanol–water partition coefficient (Wildman–Crippen LogP) is 6.02. The number of sulfonamides is 1. The molecule has 3 aromatic carbocycles. The van der Waals surface area contributed by atoms with Gasteiger partial charge in [-0.15, -0.1) is 5.92 Å². The second kappa shape index (κ2) is 10.9. The minimum Gasteiger partial charge on any atom is -0.497 e. The molecule has 7 heteroatoms. The Morgan fingerprint density at radius 2 is 1.74 bits per heavy atom. The summed E-state index contributed by atoms with van der Waals surface area (Å²) in [6.07, 6.45) is 1.53. The Kier molecular flexibility index (Phi) is 7.46. The summed E-state index contributed by atoms with van der Waals surface area (Å²) in [5.41, 5.74) is 4.78. The molecule has 0 bridgehead atoms. The molecule has 0 spiro atoms. The van der Waals surface area contributed by atoms with Gasteiger partial charge in [-0.25, -0.2) is 8.42 Å². The van der Waals surface area contributed by atoms with Crippen LogP contribution in [0.1, 0.15) is 37.1 Å². The number of para-hydroxylation sites is 1. The highest BCUT2D eigenvalue weighted by Crippen LogP contribution is 2.45. The first-order valence-electron chi connectivity index (χ1n) is 12.7. The second-order valence-electron chi connectivity index (χ2n) is 9.36. The third-order valence-electron chi connectivity index (χ3n) is 7.19. The summed E-state index contributed by atoms with van der Waals surface area (Å²) in [4.78, 5) is 0. The Morgan fingerprint density at radius 1 is 0.974 bits per heavy atom. The van der Waals surface area contributed by atoms with Crippen molar-refractivity contribution in [2.45, 2.75) is 38.1 Å². The highest BCUT2D eigenvalue weighted by atomic mass is 32.2. The van der Waals surface area contributed by atoms with Crippen molar-refractivity contribution in [2.24, 2.45) is 0 Å². The highest BCUT2D eigenvalue weighted by molar-refractivity contribution is 7.88. The topological polar surface area (TPSA) is 60.8 Å². The van der Waals surface area contributed by atoms with Gasteiger partial charge in [0.25, 0.3) is 0 Å². The molecule has 38 heavy (non-hydrogen) atoms. The molecule has 1 fully saturated rings. The molecule has 4 aromatic rings. The minimum absolute atomic E-state index is 0.167. The predicted molar refractivity (Wildman–Crippen MR) is 152 cm³/mol. The van der Waals surface area contributed by atoms with Gasteiger partial charge in [0.2, 0.25) is 10.0 Å². The van der Waals surface area contributed by atoms with Crippen LogP contribution in [0.25, 0.3) is 22.0 Å². The van der Waals surface area contributed by atoms with E-state index in [1.807, 2.05) is 37.3 Å². The maximum atomic E-state index is 14.0. The lowest BCUT2D eigenvalue weighted by Gasteiger charge is -2.27. The van der Waals surface area contributed by atoms with E-state index in [0.717, 1.165) is 40.6 Å². The van der Waals surface area contributed by atoms with E-state index in [4.69, 9.17) is 9.47 Å². The van der Waals surface area contributed by atoms with Crippen LogP contribution in [-0.4, -0.2) is 38.1 Å². The number of rotatable bonds is 8. The molecule has 1 saturated heterocycles. The van der Waals surface area contributed by atoms with Crippen molar-refractivity contribution in [3.63, 3.8) is 0 Å². The molecule has 6 nitrogen and oxygen atoms in total. The number of methoxy groups -OCH3 is 2. The molecule has 0 amide bonds. The smallest absolute Gasteiger partial charge is 0.219 e. The van der Waals surface area contributed by atoms with Gasteiger partial charge in [0.05, 0.1) is 32.6 Å². The van der Waals surface area contributed by atoms with Crippen molar-refractivity contribution in [3.8, 4) is 34.5 Å². The normalized spacial score (nSPS) is 15.8. The van der Waals surface area contributed by atoms with Gasteiger partial charge in [0.15, 0.2) is 0 Å². The molecule has 1 atom stereocenters. The van der Waals surface area contributed by atoms with Crippen molar-refractivity contribution < 1.29 is 17.9 Å². The van der Waals surface area contributed by atoms with Crippen LogP contribution in [0, 0.1) is 11.8 Å². The first-order chi connectivity index (χ1) is 18.5. The van der Waals surface area contributed by atoms with Crippen LogP contribution in [0.5, 0.6) is 11.5 Å². The summed E-state index contributed by atoms with van der Waals surface area (Å²) in [6.45, 7) is 2.79. The largest absolute Gasteiger partial charge is 0.497 e. The molecule has 5 rings (SSSR count). The zero-order valence-electron chi connectivity index (χ0n) is 22.0. The molecule has 1 aliphatic rings. The SMILES string of the molecule is CC#CCn1c(C2CCCN2S(=O)(=O)Cc2cc(OC)ccc2OC)c(-c2ccccc2)c2ccccc21. The van der Waals surface area contributed by atoms with E-state index in [9.17, 15) is 8.42 Å². The summed E-state index contributed by atoms with van der Waals surface area (Å²) < 4.78 is 42.8. The average molecular weight is 529 g/mol. The van der Waals surface area contributed by atoms with Crippen LogP contribution in [0.3, 0.4) is 0 Å².